The Bertz CT molecular complexity index is 816. The Hall–Kier alpha value is -3.08. The molecular formula is C10H6ClN5O6. The van der Waals surface area contributed by atoms with E-state index in [2.05, 4.69) is 5.10 Å². The highest BCUT2D eigenvalue weighted by Crippen LogP contribution is 2.34. The van der Waals surface area contributed by atoms with Gasteiger partial charge in [-0.25, -0.2) is 4.68 Å². The zero-order valence-electron chi connectivity index (χ0n) is 10.8. The smallest absolute Gasteiger partial charge is 0.258 e. The molecule has 114 valence electrons. The lowest BCUT2D eigenvalue weighted by Crippen LogP contribution is -2.03. The van der Waals surface area contributed by atoms with Gasteiger partial charge in [-0.3, -0.25) is 30.3 Å². The van der Waals surface area contributed by atoms with Crippen LogP contribution in [0.2, 0.25) is 5.15 Å². The van der Waals surface area contributed by atoms with Crippen molar-refractivity contribution in [3.8, 4) is 5.69 Å². The van der Waals surface area contributed by atoms with E-state index >= 15 is 0 Å². The summed E-state index contributed by atoms with van der Waals surface area (Å²) in [7, 11) is 0. The van der Waals surface area contributed by atoms with Gasteiger partial charge in [-0.2, -0.15) is 5.10 Å². The molecule has 0 N–H and O–H groups in total. The number of rotatable bonds is 4. The zero-order valence-corrected chi connectivity index (χ0v) is 11.6. The molecule has 0 bridgehead atoms. The lowest BCUT2D eigenvalue weighted by Gasteiger charge is -2.03. The Morgan fingerprint density at radius 3 is 2.18 bits per heavy atom. The number of hydrogen-bond donors (Lipinski definition) is 0. The van der Waals surface area contributed by atoms with E-state index < -0.39 is 37.0 Å². The number of nitro benzene ring substituents is 2. The highest BCUT2D eigenvalue weighted by atomic mass is 35.5. The fourth-order valence-electron chi connectivity index (χ4n) is 1.81. The van der Waals surface area contributed by atoms with Crippen LogP contribution < -0.4 is 0 Å². The van der Waals surface area contributed by atoms with Gasteiger partial charge in [0.15, 0.2) is 0 Å². The van der Waals surface area contributed by atoms with Crippen molar-refractivity contribution in [1.82, 2.24) is 9.78 Å². The molecule has 2 rings (SSSR count). The molecule has 1 aromatic carbocycles. The van der Waals surface area contributed by atoms with Crippen LogP contribution in [-0.2, 0) is 0 Å². The molecule has 2 aromatic rings. The number of aromatic nitrogens is 2. The van der Waals surface area contributed by atoms with Gasteiger partial charge in [0.25, 0.3) is 5.69 Å². The molecule has 12 heteroatoms. The van der Waals surface area contributed by atoms with Crippen molar-refractivity contribution in [2.75, 3.05) is 0 Å². The number of non-ortho nitro benzene ring substituents is 1. The average molecular weight is 328 g/mol. The molecule has 22 heavy (non-hydrogen) atoms. The van der Waals surface area contributed by atoms with E-state index in [0.717, 1.165) is 22.9 Å². The quantitative estimate of drug-likeness (QED) is 0.618. The Labute approximate surface area is 126 Å². The third-order valence-electron chi connectivity index (χ3n) is 2.75. The van der Waals surface area contributed by atoms with Crippen LogP contribution in [0.4, 0.5) is 17.1 Å². The lowest BCUT2D eigenvalue weighted by atomic mass is 10.2. The average Bonchev–Trinajstić information content (AvgIpc) is 2.72. The summed E-state index contributed by atoms with van der Waals surface area (Å²) in [6, 6.07) is 2.80. The maximum Gasteiger partial charge on any atom is 0.329 e. The Morgan fingerprint density at radius 2 is 1.73 bits per heavy atom. The third kappa shape index (κ3) is 2.44. The van der Waals surface area contributed by atoms with Gasteiger partial charge in [-0.15, -0.1) is 0 Å². The maximum atomic E-state index is 11.1. The molecule has 0 atom stereocenters. The maximum absolute atomic E-state index is 11.1. The highest BCUT2D eigenvalue weighted by Gasteiger charge is 2.29. The van der Waals surface area contributed by atoms with Gasteiger partial charge in [0.1, 0.15) is 11.4 Å². The van der Waals surface area contributed by atoms with Crippen LogP contribution >= 0.6 is 11.6 Å². The summed E-state index contributed by atoms with van der Waals surface area (Å²) in [4.78, 5) is 30.2. The number of halogens is 1. The monoisotopic (exact) mass is 327 g/mol. The molecule has 0 fully saturated rings. The van der Waals surface area contributed by atoms with Crippen LogP contribution in [0.25, 0.3) is 5.69 Å². The first kappa shape index (κ1) is 15.3. The Morgan fingerprint density at radius 1 is 1.09 bits per heavy atom. The van der Waals surface area contributed by atoms with E-state index in [1.807, 2.05) is 0 Å². The molecule has 0 unspecified atom stereocenters. The van der Waals surface area contributed by atoms with Crippen LogP contribution in [0.5, 0.6) is 0 Å². The predicted molar refractivity (Wildman–Crippen MR) is 73.3 cm³/mol. The first-order valence-corrected chi connectivity index (χ1v) is 5.94. The second kappa shape index (κ2) is 5.37. The molecular weight excluding hydrogens is 322 g/mol. The van der Waals surface area contributed by atoms with Gasteiger partial charge in [0.05, 0.1) is 20.8 Å². The predicted octanol–water partition coefficient (Wildman–Crippen LogP) is 2.56. The number of benzene rings is 1. The minimum Gasteiger partial charge on any atom is -0.258 e. The summed E-state index contributed by atoms with van der Waals surface area (Å²) in [5.74, 6) is 0. The fourth-order valence-corrected chi connectivity index (χ4v) is 2.14. The zero-order chi connectivity index (χ0) is 16.6. The summed E-state index contributed by atoms with van der Waals surface area (Å²) < 4.78 is 0.802. The summed E-state index contributed by atoms with van der Waals surface area (Å²) in [5.41, 5.74) is -1.88. The standard InChI is InChI=1S/C10H6ClN5O6/c1-5-9(16(21)22)10(11)13(12-5)7-3-2-6(14(17)18)4-8(7)15(19)20/h2-4H,1H3. The number of nitrogens with zero attached hydrogens (tertiary/aromatic N) is 5. The minimum absolute atomic E-state index is 0.0392. The normalized spacial score (nSPS) is 10.5. The second-order valence-corrected chi connectivity index (χ2v) is 4.44. The molecule has 0 saturated carbocycles. The van der Waals surface area contributed by atoms with Crippen molar-refractivity contribution in [1.29, 1.82) is 0 Å². The van der Waals surface area contributed by atoms with E-state index in [0.29, 0.717) is 0 Å². The molecule has 0 saturated heterocycles. The van der Waals surface area contributed by atoms with Crippen LogP contribution in [0.1, 0.15) is 5.69 Å². The molecule has 0 aliphatic carbocycles. The molecule has 1 aromatic heterocycles. The Balaban J connectivity index is 2.73. The van der Waals surface area contributed by atoms with Gasteiger partial charge in [0.2, 0.25) is 5.15 Å². The van der Waals surface area contributed by atoms with Gasteiger partial charge in [0, 0.05) is 6.07 Å². The van der Waals surface area contributed by atoms with Gasteiger partial charge < -0.3 is 0 Å². The van der Waals surface area contributed by atoms with Crippen LogP contribution in [0.15, 0.2) is 18.2 Å². The van der Waals surface area contributed by atoms with Crippen molar-refractivity contribution < 1.29 is 14.8 Å². The third-order valence-corrected chi connectivity index (χ3v) is 3.09. The first-order valence-electron chi connectivity index (χ1n) is 5.56. The van der Waals surface area contributed by atoms with Gasteiger partial charge in [-0.05, 0) is 13.0 Å². The van der Waals surface area contributed by atoms with Crippen molar-refractivity contribution in [3.63, 3.8) is 0 Å². The van der Waals surface area contributed by atoms with E-state index in [9.17, 15) is 30.3 Å². The van der Waals surface area contributed by atoms with Crippen molar-refractivity contribution in [2.45, 2.75) is 6.92 Å². The Kier molecular flexibility index (Phi) is 3.73. The summed E-state index contributed by atoms with van der Waals surface area (Å²) in [6.07, 6.45) is 0. The molecule has 0 amide bonds. The number of aryl methyl sites for hydroxylation is 1. The molecule has 11 nitrogen and oxygen atoms in total. The van der Waals surface area contributed by atoms with Crippen LogP contribution in [0, 0.1) is 37.3 Å². The molecule has 0 aliphatic rings. The van der Waals surface area contributed by atoms with Crippen molar-refractivity contribution in [3.05, 3.63) is 59.4 Å². The number of nitro groups is 3. The van der Waals surface area contributed by atoms with Crippen molar-refractivity contribution >= 4 is 28.7 Å². The van der Waals surface area contributed by atoms with Crippen LogP contribution in [0.3, 0.4) is 0 Å². The first-order chi connectivity index (χ1) is 10.2. The summed E-state index contributed by atoms with van der Waals surface area (Å²) >= 11 is 5.84. The molecule has 1 heterocycles. The second-order valence-electron chi connectivity index (χ2n) is 4.08. The van der Waals surface area contributed by atoms with E-state index in [1.54, 1.807) is 0 Å². The molecule has 0 spiro atoms. The SMILES string of the molecule is Cc1nn(-c2ccc([N+](=O)[O-])cc2[N+](=O)[O-])c(Cl)c1[N+](=O)[O-]. The van der Waals surface area contributed by atoms with E-state index in [1.165, 1.54) is 6.92 Å². The largest absolute Gasteiger partial charge is 0.329 e. The van der Waals surface area contributed by atoms with E-state index in [4.69, 9.17) is 11.6 Å². The van der Waals surface area contributed by atoms with Gasteiger partial charge >= 0.3 is 11.4 Å². The summed E-state index contributed by atoms with van der Waals surface area (Å²) in [5, 5.41) is 36.0. The van der Waals surface area contributed by atoms with E-state index in [-0.39, 0.29) is 11.4 Å². The van der Waals surface area contributed by atoms with Crippen molar-refractivity contribution in [2.24, 2.45) is 0 Å². The van der Waals surface area contributed by atoms with Gasteiger partial charge in [-0.1, -0.05) is 11.6 Å². The molecule has 0 radical (unpaired) electrons. The minimum atomic E-state index is -0.860. The highest BCUT2D eigenvalue weighted by molar-refractivity contribution is 6.32. The topological polar surface area (TPSA) is 147 Å². The molecule has 0 aliphatic heterocycles. The summed E-state index contributed by atoms with van der Waals surface area (Å²) in [6.45, 7) is 1.32. The van der Waals surface area contributed by atoms with Crippen LogP contribution in [-0.4, -0.2) is 24.6 Å². The fraction of sp³-hybridized carbons (Fsp3) is 0.100. The lowest BCUT2D eigenvalue weighted by molar-refractivity contribution is -0.394. The number of hydrogen-bond acceptors (Lipinski definition) is 7.